The zero-order chi connectivity index (χ0) is 18.4. The number of hydrogen-bond donors (Lipinski definition) is 2. The van der Waals surface area contributed by atoms with Crippen molar-refractivity contribution in [1.29, 1.82) is 0 Å². The Balaban J connectivity index is 1.64. The summed E-state index contributed by atoms with van der Waals surface area (Å²) in [5.41, 5.74) is 0.383. The monoisotopic (exact) mass is 355 g/mol. The fourth-order valence-corrected chi connectivity index (χ4v) is 2.93. The van der Waals surface area contributed by atoms with Gasteiger partial charge in [-0.25, -0.2) is 4.79 Å². The van der Waals surface area contributed by atoms with Crippen LogP contribution in [0.5, 0.6) is 11.5 Å². The van der Waals surface area contributed by atoms with Crippen LogP contribution in [0.2, 0.25) is 0 Å². The minimum Gasteiger partial charge on any atom is -0.480 e. The summed E-state index contributed by atoms with van der Waals surface area (Å²) in [5, 5.41) is 12.1. The fourth-order valence-electron chi connectivity index (χ4n) is 2.93. The molecule has 0 bridgehead atoms. The van der Waals surface area contributed by atoms with Crippen molar-refractivity contribution in [1.82, 2.24) is 5.32 Å². The number of rotatable bonds is 6. The van der Waals surface area contributed by atoms with Gasteiger partial charge in [-0.3, -0.25) is 4.79 Å². The predicted molar refractivity (Wildman–Crippen MR) is 95.4 cm³/mol. The van der Waals surface area contributed by atoms with E-state index >= 15 is 0 Å². The number of hydrogen-bond acceptors (Lipinski definition) is 4. The predicted octanol–water partition coefficient (Wildman–Crippen LogP) is 3.09. The van der Waals surface area contributed by atoms with Crippen LogP contribution in [0.3, 0.4) is 0 Å². The average Bonchev–Trinajstić information content (AvgIpc) is 2.68. The van der Waals surface area contributed by atoms with Crippen LogP contribution in [0.4, 0.5) is 0 Å². The van der Waals surface area contributed by atoms with Crippen LogP contribution in [0.25, 0.3) is 0 Å². The van der Waals surface area contributed by atoms with Crippen molar-refractivity contribution in [3.8, 4) is 11.5 Å². The number of para-hydroxylation sites is 1. The van der Waals surface area contributed by atoms with Crippen molar-refractivity contribution in [2.45, 2.75) is 18.9 Å². The molecule has 6 nitrogen and oxygen atoms in total. The van der Waals surface area contributed by atoms with Gasteiger partial charge in [0.2, 0.25) is 0 Å². The largest absolute Gasteiger partial charge is 0.480 e. The number of nitrogens with one attached hydrogen (secondary N) is 1. The SMILES string of the molecule is O=C(N[C@H](C(=O)O)[C@@H]1CCCOC1)c1ccc(Oc2ccccc2)cc1. The Kier molecular flexibility index (Phi) is 5.86. The number of benzene rings is 2. The van der Waals surface area contributed by atoms with Crippen molar-refractivity contribution in [3.05, 3.63) is 60.2 Å². The third-order valence-electron chi connectivity index (χ3n) is 4.31. The quantitative estimate of drug-likeness (QED) is 0.832. The normalized spacial score (nSPS) is 17.9. The molecule has 26 heavy (non-hydrogen) atoms. The van der Waals surface area contributed by atoms with Crippen LogP contribution in [0, 0.1) is 5.92 Å². The minimum absolute atomic E-state index is 0.217. The lowest BCUT2D eigenvalue weighted by molar-refractivity contribution is -0.142. The zero-order valence-electron chi connectivity index (χ0n) is 14.3. The lowest BCUT2D eigenvalue weighted by Crippen LogP contribution is -2.48. The Morgan fingerprint density at radius 1 is 1.08 bits per heavy atom. The van der Waals surface area contributed by atoms with E-state index in [1.807, 2.05) is 30.3 Å². The van der Waals surface area contributed by atoms with Crippen LogP contribution >= 0.6 is 0 Å². The molecule has 1 amide bonds. The van der Waals surface area contributed by atoms with Gasteiger partial charge in [0, 0.05) is 18.1 Å². The molecule has 2 atom stereocenters. The summed E-state index contributed by atoms with van der Waals surface area (Å²) < 4.78 is 11.0. The molecule has 2 aromatic carbocycles. The molecule has 0 radical (unpaired) electrons. The third-order valence-corrected chi connectivity index (χ3v) is 4.31. The Hall–Kier alpha value is -2.86. The number of carboxylic acid groups (broad SMARTS) is 1. The number of carbonyl (C=O) groups is 2. The number of aliphatic carboxylic acids is 1. The molecular weight excluding hydrogens is 334 g/mol. The van der Waals surface area contributed by atoms with Crippen molar-refractivity contribution < 1.29 is 24.2 Å². The van der Waals surface area contributed by atoms with Gasteiger partial charge in [-0.05, 0) is 49.2 Å². The number of carboxylic acids is 1. The summed E-state index contributed by atoms with van der Waals surface area (Å²) >= 11 is 0. The Morgan fingerprint density at radius 2 is 1.77 bits per heavy atom. The molecule has 6 heteroatoms. The highest BCUT2D eigenvalue weighted by molar-refractivity contribution is 5.96. The fraction of sp³-hybridized carbons (Fsp3) is 0.300. The van der Waals surface area contributed by atoms with Gasteiger partial charge in [0.05, 0.1) is 6.61 Å². The number of amides is 1. The Labute approximate surface area is 151 Å². The topological polar surface area (TPSA) is 84.9 Å². The molecule has 0 aliphatic carbocycles. The summed E-state index contributed by atoms with van der Waals surface area (Å²) in [7, 11) is 0. The summed E-state index contributed by atoms with van der Waals surface area (Å²) in [6.45, 7) is 0.987. The van der Waals surface area contributed by atoms with Gasteiger partial charge in [-0.2, -0.15) is 0 Å². The maximum atomic E-state index is 12.4. The molecule has 1 aliphatic rings. The van der Waals surface area contributed by atoms with Gasteiger partial charge >= 0.3 is 5.97 Å². The molecule has 1 aliphatic heterocycles. The Bertz CT molecular complexity index is 739. The maximum Gasteiger partial charge on any atom is 0.326 e. The van der Waals surface area contributed by atoms with Crippen molar-refractivity contribution >= 4 is 11.9 Å². The molecule has 2 N–H and O–H groups in total. The molecule has 1 fully saturated rings. The molecule has 0 saturated carbocycles. The van der Waals surface area contributed by atoms with E-state index in [2.05, 4.69) is 5.32 Å². The minimum atomic E-state index is -1.04. The molecule has 0 spiro atoms. The lowest BCUT2D eigenvalue weighted by atomic mass is 9.93. The van der Waals surface area contributed by atoms with Gasteiger partial charge in [0.15, 0.2) is 0 Å². The molecule has 136 valence electrons. The van der Waals surface area contributed by atoms with Gasteiger partial charge in [-0.15, -0.1) is 0 Å². The van der Waals surface area contributed by atoms with Crippen LogP contribution < -0.4 is 10.1 Å². The first kappa shape index (κ1) is 17.9. The van der Waals surface area contributed by atoms with Crippen LogP contribution in [-0.2, 0) is 9.53 Å². The molecule has 0 unspecified atom stereocenters. The van der Waals surface area contributed by atoms with Gasteiger partial charge in [-0.1, -0.05) is 18.2 Å². The summed E-state index contributed by atoms with van der Waals surface area (Å²) in [4.78, 5) is 23.9. The second-order valence-corrected chi connectivity index (χ2v) is 6.21. The molecule has 1 heterocycles. The first-order chi connectivity index (χ1) is 12.6. The summed E-state index contributed by atoms with van der Waals surface area (Å²) in [6, 6.07) is 15.0. The highest BCUT2D eigenvalue weighted by Gasteiger charge is 2.31. The first-order valence-electron chi connectivity index (χ1n) is 8.58. The van der Waals surface area contributed by atoms with Gasteiger partial charge < -0.3 is 19.9 Å². The van der Waals surface area contributed by atoms with Gasteiger partial charge in [0.1, 0.15) is 17.5 Å². The molecule has 2 aromatic rings. The van der Waals surface area contributed by atoms with E-state index in [4.69, 9.17) is 9.47 Å². The lowest BCUT2D eigenvalue weighted by Gasteiger charge is -2.28. The Morgan fingerprint density at radius 3 is 2.38 bits per heavy atom. The van der Waals surface area contributed by atoms with Crippen molar-refractivity contribution in [2.24, 2.45) is 5.92 Å². The van der Waals surface area contributed by atoms with Crippen LogP contribution in [0.1, 0.15) is 23.2 Å². The standard InChI is InChI=1S/C20H21NO5/c22-19(21-18(20(23)24)15-5-4-12-25-13-15)14-8-10-17(11-9-14)26-16-6-2-1-3-7-16/h1-3,6-11,15,18H,4-5,12-13H2,(H,21,22)(H,23,24)/t15-,18+/m1/s1. The van der Waals surface area contributed by atoms with Crippen LogP contribution in [0.15, 0.2) is 54.6 Å². The van der Waals surface area contributed by atoms with E-state index in [0.29, 0.717) is 30.3 Å². The first-order valence-corrected chi connectivity index (χ1v) is 8.58. The van der Waals surface area contributed by atoms with E-state index in [1.54, 1.807) is 24.3 Å². The van der Waals surface area contributed by atoms with E-state index in [-0.39, 0.29) is 5.92 Å². The zero-order valence-corrected chi connectivity index (χ0v) is 14.3. The summed E-state index contributed by atoms with van der Waals surface area (Å²) in [6.07, 6.45) is 1.52. The van der Waals surface area contributed by atoms with E-state index in [1.165, 1.54) is 0 Å². The smallest absolute Gasteiger partial charge is 0.326 e. The van der Waals surface area contributed by atoms with Crippen molar-refractivity contribution in [2.75, 3.05) is 13.2 Å². The highest BCUT2D eigenvalue weighted by atomic mass is 16.5. The molecular formula is C20H21NO5. The van der Waals surface area contributed by atoms with Crippen LogP contribution in [-0.4, -0.2) is 36.2 Å². The second kappa shape index (κ2) is 8.49. The van der Waals surface area contributed by atoms with Gasteiger partial charge in [0.25, 0.3) is 5.91 Å². The van der Waals surface area contributed by atoms with E-state index < -0.39 is 17.9 Å². The average molecular weight is 355 g/mol. The van der Waals surface area contributed by atoms with E-state index in [9.17, 15) is 14.7 Å². The second-order valence-electron chi connectivity index (χ2n) is 6.21. The molecule has 0 aromatic heterocycles. The number of carbonyl (C=O) groups excluding carboxylic acids is 1. The summed E-state index contributed by atoms with van der Waals surface area (Å²) in [5.74, 6) is -0.380. The van der Waals surface area contributed by atoms with E-state index in [0.717, 1.165) is 12.8 Å². The highest BCUT2D eigenvalue weighted by Crippen LogP contribution is 2.22. The van der Waals surface area contributed by atoms with Crippen molar-refractivity contribution in [3.63, 3.8) is 0 Å². The number of ether oxygens (including phenoxy) is 2. The third kappa shape index (κ3) is 4.61. The molecule has 1 saturated heterocycles. The molecule has 3 rings (SSSR count). The maximum absolute atomic E-state index is 12.4.